The number of hydrogen-bond acceptors (Lipinski definition) is 8. The van der Waals surface area contributed by atoms with E-state index in [9.17, 15) is 17.2 Å². The minimum Gasteiger partial charge on any atom is -0.384 e. The van der Waals surface area contributed by atoms with Crippen LogP contribution in [-0.4, -0.2) is 64.1 Å². The molecule has 0 aliphatic heterocycles. The second-order valence-electron chi connectivity index (χ2n) is 10.1. The van der Waals surface area contributed by atoms with Crippen molar-refractivity contribution >= 4 is 9.84 Å². The largest absolute Gasteiger partial charge is 0.384 e. The molecule has 0 saturated carbocycles. The van der Waals surface area contributed by atoms with Gasteiger partial charge in [-0.3, -0.25) is 0 Å². The molecule has 210 valence electrons. The van der Waals surface area contributed by atoms with Gasteiger partial charge in [-0.2, -0.15) is 10.2 Å². The summed E-state index contributed by atoms with van der Waals surface area (Å²) in [6.07, 6.45) is 7.11. The number of aryl methyl sites for hydroxylation is 1. The molecule has 40 heavy (non-hydrogen) atoms. The summed E-state index contributed by atoms with van der Waals surface area (Å²) in [6.45, 7) is 2.53. The average molecular weight is 569 g/mol. The Morgan fingerprint density at radius 2 is 1.88 bits per heavy atom. The first-order chi connectivity index (χ1) is 19.1. The minimum atomic E-state index is -3.16. The van der Waals surface area contributed by atoms with Crippen LogP contribution in [0.3, 0.4) is 0 Å². The summed E-state index contributed by atoms with van der Waals surface area (Å²) in [6, 6.07) is 7.28. The Morgan fingerprint density at radius 3 is 2.60 bits per heavy atom. The van der Waals surface area contributed by atoms with E-state index in [0.717, 1.165) is 35.4 Å². The van der Waals surface area contributed by atoms with Gasteiger partial charge in [0, 0.05) is 38.1 Å². The number of rotatable bonds is 9. The van der Waals surface area contributed by atoms with E-state index in [2.05, 4.69) is 27.2 Å². The lowest BCUT2D eigenvalue weighted by Crippen LogP contribution is -2.19. The molecular weight excluding hydrogens is 538 g/mol. The smallest absolute Gasteiger partial charge is 0.250 e. The maximum atomic E-state index is 14.4. The molecule has 1 aliphatic rings. The second-order valence-corrected chi connectivity index (χ2v) is 12.4. The Labute approximate surface area is 231 Å². The highest BCUT2D eigenvalue weighted by molar-refractivity contribution is 7.90. The molecule has 3 aromatic heterocycles. The van der Waals surface area contributed by atoms with Crippen LogP contribution in [0.1, 0.15) is 59.8 Å². The van der Waals surface area contributed by atoms with Gasteiger partial charge in [0.1, 0.15) is 21.5 Å². The van der Waals surface area contributed by atoms with Crippen molar-refractivity contribution in [2.45, 2.75) is 44.4 Å². The lowest BCUT2D eigenvalue weighted by Gasteiger charge is -2.28. The third-order valence-corrected chi connectivity index (χ3v) is 8.16. The van der Waals surface area contributed by atoms with Crippen molar-refractivity contribution in [2.75, 3.05) is 25.7 Å². The molecule has 12 heteroatoms. The number of ether oxygens (including phenoxy) is 1. The first-order valence-corrected chi connectivity index (χ1v) is 15.1. The fraction of sp³-hybridized carbons (Fsp3) is 0.393. The molecule has 1 aromatic carbocycles. The van der Waals surface area contributed by atoms with Gasteiger partial charge >= 0.3 is 0 Å². The van der Waals surface area contributed by atoms with Crippen molar-refractivity contribution in [1.82, 2.24) is 29.9 Å². The summed E-state index contributed by atoms with van der Waals surface area (Å²) in [7, 11) is -1.56. The summed E-state index contributed by atoms with van der Waals surface area (Å²) in [4.78, 5) is 9.21. The zero-order valence-corrected chi connectivity index (χ0v) is 23.3. The van der Waals surface area contributed by atoms with Crippen LogP contribution in [0.25, 0.3) is 17.2 Å². The number of fused-ring (bicyclic) bond motifs is 1. The summed E-state index contributed by atoms with van der Waals surface area (Å²) < 4.78 is 59.2. The van der Waals surface area contributed by atoms with Gasteiger partial charge in [-0.05, 0) is 60.6 Å². The topological polar surface area (TPSA) is 113 Å². The van der Waals surface area contributed by atoms with Crippen LogP contribution in [0.4, 0.5) is 8.78 Å². The highest BCUT2D eigenvalue weighted by atomic mass is 32.2. The van der Waals surface area contributed by atoms with E-state index in [0.29, 0.717) is 24.7 Å². The quantitative estimate of drug-likeness (QED) is 0.295. The summed E-state index contributed by atoms with van der Waals surface area (Å²) >= 11 is 0. The maximum absolute atomic E-state index is 14.4. The lowest BCUT2D eigenvalue weighted by atomic mass is 9.79. The Balaban J connectivity index is 1.49. The van der Waals surface area contributed by atoms with Gasteiger partial charge in [0.15, 0.2) is 0 Å². The van der Waals surface area contributed by atoms with Gasteiger partial charge in [-0.1, -0.05) is 13.0 Å². The van der Waals surface area contributed by atoms with E-state index in [4.69, 9.17) is 9.72 Å². The van der Waals surface area contributed by atoms with Crippen LogP contribution in [0.5, 0.6) is 0 Å². The van der Waals surface area contributed by atoms with Crippen molar-refractivity contribution in [3.8, 4) is 17.2 Å². The number of halogens is 2. The first kappa shape index (κ1) is 27.9. The standard InChI is InChI=1S/C28H30F2N6O3S/c1-17-7-8-19(27-20(17)15-25(33-34-27)26-21(29)5-4-6-22(26)30)24-9-12-31-28(32-24)36-16-18(10-13-39-2)23(35-36)11-14-40(3,37)38/h4-6,9,12,15-17,19H,7-8,10-11,13-14H2,1-3H3/t17-,19?/m0/s1. The molecule has 5 rings (SSSR count). The monoisotopic (exact) mass is 568 g/mol. The van der Waals surface area contributed by atoms with E-state index in [1.54, 1.807) is 24.1 Å². The molecule has 3 heterocycles. The van der Waals surface area contributed by atoms with Gasteiger partial charge in [0.2, 0.25) is 0 Å². The number of nitrogens with zero attached hydrogens (tertiary/aromatic N) is 6. The average Bonchev–Trinajstić information content (AvgIpc) is 3.34. The third-order valence-electron chi connectivity index (χ3n) is 7.21. The Kier molecular flexibility index (Phi) is 7.99. The van der Waals surface area contributed by atoms with E-state index in [-0.39, 0.29) is 35.3 Å². The fourth-order valence-corrected chi connectivity index (χ4v) is 5.63. The van der Waals surface area contributed by atoms with Crippen LogP contribution in [0.15, 0.2) is 42.7 Å². The molecule has 1 aliphatic carbocycles. The molecule has 0 fully saturated rings. The highest BCUT2D eigenvalue weighted by Gasteiger charge is 2.30. The van der Waals surface area contributed by atoms with Crippen molar-refractivity contribution in [1.29, 1.82) is 0 Å². The predicted octanol–water partition coefficient (Wildman–Crippen LogP) is 4.20. The second kappa shape index (κ2) is 11.5. The van der Waals surface area contributed by atoms with Gasteiger partial charge in [-0.15, -0.1) is 5.10 Å². The molecule has 0 N–H and O–H groups in total. The Bertz CT molecular complexity index is 1620. The van der Waals surface area contributed by atoms with Gasteiger partial charge in [-0.25, -0.2) is 31.8 Å². The van der Waals surface area contributed by atoms with E-state index in [1.807, 2.05) is 12.3 Å². The van der Waals surface area contributed by atoms with Crippen LogP contribution in [-0.2, 0) is 27.4 Å². The minimum absolute atomic E-state index is 0.0145. The van der Waals surface area contributed by atoms with E-state index >= 15 is 0 Å². The normalized spacial score (nSPS) is 17.1. The van der Waals surface area contributed by atoms with Crippen molar-refractivity contribution in [3.05, 3.63) is 82.6 Å². The van der Waals surface area contributed by atoms with Crippen LogP contribution < -0.4 is 0 Å². The number of sulfone groups is 1. The molecule has 0 amide bonds. The zero-order valence-electron chi connectivity index (χ0n) is 22.5. The SMILES string of the molecule is COCCc1cn(-c2nccc(C3CC[C@H](C)c4cc(-c5c(F)cccc5F)nnc43)n2)nc1CCS(C)(=O)=O. The van der Waals surface area contributed by atoms with E-state index < -0.39 is 21.5 Å². The maximum Gasteiger partial charge on any atom is 0.250 e. The summed E-state index contributed by atoms with van der Waals surface area (Å²) in [5.74, 6) is -1.10. The van der Waals surface area contributed by atoms with E-state index in [1.165, 1.54) is 24.5 Å². The molecular formula is C28H30F2N6O3S. The molecule has 0 bridgehead atoms. The van der Waals surface area contributed by atoms with Crippen LogP contribution >= 0.6 is 0 Å². The summed E-state index contributed by atoms with van der Waals surface area (Å²) in [5, 5.41) is 13.3. The van der Waals surface area contributed by atoms with Gasteiger partial charge in [0.25, 0.3) is 5.95 Å². The number of methoxy groups -OCH3 is 1. The molecule has 9 nitrogen and oxygen atoms in total. The molecule has 0 saturated heterocycles. The van der Waals surface area contributed by atoms with Crippen molar-refractivity contribution < 1.29 is 21.9 Å². The number of benzene rings is 1. The first-order valence-electron chi connectivity index (χ1n) is 13.0. The predicted molar refractivity (Wildman–Crippen MR) is 145 cm³/mol. The summed E-state index contributed by atoms with van der Waals surface area (Å²) in [5.41, 5.74) is 3.83. The van der Waals surface area contributed by atoms with Crippen molar-refractivity contribution in [2.24, 2.45) is 0 Å². The Hall–Kier alpha value is -3.64. The lowest BCUT2D eigenvalue weighted by molar-refractivity contribution is 0.202. The molecule has 0 spiro atoms. The number of aromatic nitrogens is 6. The van der Waals surface area contributed by atoms with Crippen molar-refractivity contribution in [3.63, 3.8) is 0 Å². The van der Waals surface area contributed by atoms with Crippen LogP contribution in [0, 0.1) is 11.6 Å². The molecule has 0 radical (unpaired) electrons. The van der Waals surface area contributed by atoms with Gasteiger partial charge in [0.05, 0.1) is 40.7 Å². The number of hydrogen-bond donors (Lipinski definition) is 0. The molecule has 2 atom stereocenters. The van der Waals surface area contributed by atoms with Crippen LogP contribution in [0.2, 0.25) is 0 Å². The molecule has 1 unspecified atom stereocenters. The molecule has 4 aromatic rings. The fourth-order valence-electron chi connectivity index (χ4n) is 5.07. The third kappa shape index (κ3) is 5.92. The highest BCUT2D eigenvalue weighted by Crippen LogP contribution is 2.41. The van der Waals surface area contributed by atoms with Gasteiger partial charge < -0.3 is 4.74 Å². The zero-order chi connectivity index (χ0) is 28.4. The Morgan fingerprint density at radius 1 is 1.10 bits per heavy atom.